The van der Waals surface area contributed by atoms with Gasteiger partial charge in [0.15, 0.2) is 0 Å². The molecule has 5 heteroatoms. The lowest BCUT2D eigenvalue weighted by molar-refractivity contribution is 0.475. The summed E-state index contributed by atoms with van der Waals surface area (Å²) in [5.41, 5.74) is 0.923. The van der Waals surface area contributed by atoms with E-state index in [1.54, 1.807) is 23.5 Å². The highest BCUT2D eigenvalue weighted by Crippen LogP contribution is 2.26. The van der Waals surface area contributed by atoms with Crippen molar-refractivity contribution >= 4 is 11.3 Å². The van der Waals surface area contributed by atoms with Crippen LogP contribution in [0.4, 0.5) is 0 Å². The summed E-state index contributed by atoms with van der Waals surface area (Å²) in [5, 5.41) is 23.2. The standard InChI is InChI=1S/C15H21N3OS/c1-11(2)10-16-8-4-7-14-17-18-15(20-14)12-5-3-6-13(19)9-12/h3,5-6,9,11,16,19H,4,7-8,10H2,1-2H3. The molecule has 2 aromatic rings. The third kappa shape index (κ3) is 4.58. The van der Waals surface area contributed by atoms with E-state index in [0.717, 1.165) is 41.5 Å². The maximum absolute atomic E-state index is 9.47. The number of aromatic hydroxyl groups is 1. The van der Waals surface area contributed by atoms with Crippen LogP contribution in [-0.4, -0.2) is 28.4 Å². The average molecular weight is 291 g/mol. The van der Waals surface area contributed by atoms with Gasteiger partial charge in [-0.1, -0.05) is 37.3 Å². The maximum Gasteiger partial charge on any atom is 0.147 e. The molecule has 1 aromatic heterocycles. The van der Waals surface area contributed by atoms with Crippen LogP contribution in [0.1, 0.15) is 25.3 Å². The van der Waals surface area contributed by atoms with Crippen molar-refractivity contribution in [1.29, 1.82) is 0 Å². The van der Waals surface area contributed by atoms with Crippen molar-refractivity contribution in [3.05, 3.63) is 29.3 Å². The molecule has 2 N–H and O–H groups in total. The first-order valence-corrected chi connectivity index (χ1v) is 7.79. The molecule has 0 spiro atoms. The number of benzene rings is 1. The van der Waals surface area contributed by atoms with Gasteiger partial charge in [0.25, 0.3) is 0 Å². The number of nitrogens with one attached hydrogen (secondary N) is 1. The van der Waals surface area contributed by atoms with Crippen molar-refractivity contribution < 1.29 is 5.11 Å². The van der Waals surface area contributed by atoms with E-state index in [9.17, 15) is 5.11 Å². The van der Waals surface area contributed by atoms with E-state index in [4.69, 9.17) is 0 Å². The predicted octanol–water partition coefficient (Wildman–Crippen LogP) is 3.09. The number of nitrogens with zero attached hydrogens (tertiary/aromatic N) is 2. The number of rotatable bonds is 7. The number of phenols is 1. The largest absolute Gasteiger partial charge is 0.508 e. The Morgan fingerprint density at radius 1 is 1.30 bits per heavy atom. The van der Waals surface area contributed by atoms with Crippen LogP contribution in [0.3, 0.4) is 0 Å². The fourth-order valence-corrected chi connectivity index (χ4v) is 2.74. The van der Waals surface area contributed by atoms with Crippen LogP contribution in [0.2, 0.25) is 0 Å². The van der Waals surface area contributed by atoms with Crippen molar-refractivity contribution in [3.8, 4) is 16.3 Å². The molecule has 1 aromatic carbocycles. The first-order chi connectivity index (χ1) is 9.65. The Labute approximate surface area is 123 Å². The van der Waals surface area contributed by atoms with E-state index in [1.807, 2.05) is 12.1 Å². The second-order valence-corrected chi connectivity index (χ2v) is 6.31. The molecule has 0 amide bonds. The Morgan fingerprint density at radius 2 is 2.15 bits per heavy atom. The summed E-state index contributed by atoms with van der Waals surface area (Å²) >= 11 is 1.60. The normalized spacial score (nSPS) is 11.2. The first-order valence-electron chi connectivity index (χ1n) is 6.97. The number of phenolic OH excluding ortho intramolecular Hbond substituents is 1. The molecule has 2 rings (SSSR count). The predicted molar refractivity (Wildman–Crippen MR) is 83.0 cm³/mol. The number of aromatic nitrogens is 2. The highest BCUT2D eigenvalue weighted by molar-refractivity contribution is 7.14. The van der Waals surface area contributed by atoms with Gasteiger partial charge in [-0.25, -0.2) is 0 Å². The third-order valence-electron chi connectivity index (χ3n) is 2.86. The highest BCUT2D eigenvalue weighted by Gasteiger charge is 2.07. The van der Waals surface area contributed by atoms with Crippen molar-refractivity contribution in [2.24, 2.45) is 5.92 Å². The van der Waals surface area contributed by atoms with Crippen LogP contribution in [0.25, 0.3) is 10.6 Å². The minimum Gasteiger partial charge on any atom is -0.508 e. The zero-order valence-electron chi connectivity index (χ0n) is 12.0. The summed E-state index contributed by atoms with van der Waals surface area (Å²) in [4.78, 5) is 0. The summed E-state index contributed by atoms with van der Waals surface area (Å²) in [6, 6.07) is 7.14. The van der Waals surface area contributed by atoms with Gasteiger partial charge in [0.2, 0.25) is 0 Å². The fraction of sp³-hybridized carbons (Fsp3) is 0.467. The zero-order chi connectivity index (χ0) is 14.4. The van der Waals surface area contributed by atoms with Crippen LogP contribution in [0, 0.1) is 5.92 Å². The molecule has 4 nitrogen and oxygen atoms in total. The number of aryl methyl sites for hydroxylation is 1. The smallest absolute Gasteiger partial charge is 0.147 e. The van der Waals surface area contributed by atoms with Gasteiger partial charge in [0, 0.05) is 12.0 Å². The summed E-state index contributed by atoms with van der Waals surface area (Å²) in [7, 11) is 0. The Bertz CT molecular complexity index is 539. The van der Waals surface area contributed by atoms with Gasteiger partial charge in [-0.15, -0.1) is 10.2 Å². The summed E-state index contributed by atoms with van der Waals surface area (Å²) in [6.07, 6.45) is 2.02. The maximum atomic E-state index is 9.47. The molecule has 0 aliphatic heterocycles. The Morgan fingerprint density at radius 3 is 2.90 bits per heavy atom. The average Bonchev–Trinajstić information content (AvgIpc) is 2.87. The van der Waals surface area contributed by atoms with Crippen molar-refractivity contribution in [2.75, 3.05) is 13.1 Å². The van der Waals surface area contributed by atoms with Crippen molar-refractivity contribution in [2.45, 2.75) is 26.7 Å². The lowest BCUT2D eigenvalue weighted by Gasteiger charge is -2.05. The molecular weight excluding hydrogens is 270 g/mol. The minimum absolute atomic E-state index is 0.261. The van der Waals surface area contributed by atoms with E-state index in [2.05, 4.69) is 29.4 Å². The lowest BCUT2D eigenvalue weighted by atomic mass is 10.2. The van der Waals surface area contributed by atoms with Crippen LogP contribution < -0.4 is 5.32 Å². The highest BCUT2D eigenvalue weighted by atomic mass is 32.1. The molecule has 108 valence electrons. The van der Waals surface area contributed by atoms with Crippen molar-refractivity contribution in [3.63, 3.8) is 0 Å². The minimum atomic E-state index is 0.261. The molecule has 0 saturated heterocycles. The quantitative estimate of drug-likeness (QED) is 0.770. The molecule has 20 heavy (non-hydrogen) atoms. The van der Waals surface area contributed by atoms with Gasteiger partial charge in [-0.2, -0.15) is 0 Å². The van der Waals surface area contributed by atoms with Gasteiger partial charge in [0.1, 0.15) is 15.8 Å². The van der Waals surface area contributed by atoms with E-state index in [0.29, 0.717) is 5.92 Å². The Balaban J connectivity index is 1.83. The van der Waals surface area contributed by atoms with Gasteiger partial charge in [-0.3, -0.25) is 0 Å². The fourth-order valence-electron chi connectivity index (χ4n) is 1.87. The Kier molecular flexibility index (Phi) is 5.49. The lowest BCUT2D eigenvalue weighted by Crippen LogP contribution is -2.21. The molecule has 0 aliphatic rings. The molecule has 0 radical (unpaired) electrons. The van der Waals surface area contributed by atoms with Crippen molar-refractivity contribution in [1.82, 2.24) is 15.5 Å². The number of hydrogen-bond acceptors (Lipinski definition) is 5. The Hall–Kier alpha value is -1.46. The zero-order valence-corrected chi connectivity index (χ0v) is 12.8. The van der Waals surface area contributed by atoms with E-state index < -0.39 is 0 Å². The molecule has 0 fully saturated rings. The van der Waals surface area contributed by atoms with E-state index >= 15 is 0 Å². The van der Waals surface area contributed by atoms with Crippen LogP contribution in [-0.2, 0) is 6.42 Å². The van der Waals surface area contributed by atoms with Gasteiger partial charge in [0.05, 0.1) is 0 Å². The van der Waals surface area contributed by atoms with Gasteiger partial charge in [-0.05, 0) is 37.6 Å². The topological polar surface area (TPSA) is 58.0 Å². The molecule has 0 bridgehead atoms. The molecule has 1 heterocycles. The summed E-state index contributed by atoms with van der Waals surface area (Å²) in [6.45, 7) is 6.49. The second-order valence-electron chi connectivity index (χ2n) is 5.25. The van der Waals surface area contributed by atoms with Crippen LogP contribution >= 0.6 is 11.3 Å². The molecule has 0 unspecified atom stereocenters. The molecular formula is C15H21N3OS. The third-order valence-corrected chi connectivity index (χ3v) is 3.89. The molecule has 0 saturated carbocycles. The summed E-state index contributed by atoms with van der Waals surface area (Å²) < 4.78 is 0. The second kappa shape index (κ2) is 7.36. The van der Waals surface area contributed by atoms with E-state index in [1.165, 1.54) is 0 Å². The number of hydrogen-bond donors (Lipinski definition) is 2. The summed E-state index contributed by atoms with van der Waals surface area (Å²) in [5.74, 6) is 0.950. The SMILES string of the molecule is CC(C)CNCCCc1nnc(-c2cccc(O)c2)s1. The van der Waals surface area contributed by atoms with Crippen LogP contribution in [0.5, 0.6) is 5.75 Å². The van der Waals surface area contributed by atoms with E-state index in [-0.39, 0.29) is 5.75 Å². The first kappa shape index (κ1) is 14.9. The molecule has 0 aliphatic carbocycles. The van der Waals surface area contributed by atoms with Crippen LogP contribution in [0.15, 0.2) is 24.3 Å². The monoisotopic (exact) mass is 291 g/mol. The van der Waals surface area contributed by atoms with Gasteiger partial charge < -0.3 is 10.4 Å². The molecule has 0 atom stereocenters. The van der Waals surface area contributed by atoms with Gasteiger partial charge >= 0.3 is 0 Å².